The molecule has 3 rings (SSSR count). The van der Waals surface area contributed by atoms with Crippen LogP contribution in [0, 0.1) is 11.6 Å². The Labute approximate surface area is 123 Å². The van der Waals surface area contributed by atoms with Gasteiger partial charge in [-0.25, -0.2) is 8.78 Å². The van der Waals surface area contributed by atoms with Crippen LogP contribution in [-0.2, 0) is 0 Å². The quantitative estimate of drug-likeness (QED) is 0.757. The van der Waals surface area contributed by atoms with Crippen LogP contribution in [0.25, 0.3) is 22.4 Å². The molecule has 3 nitrogen and oxygen atoms in total. The number of rotatable bonds is 2. The van der Waals surface area contributed by atoms with Crippen LogP contribution in [0.15, 0.2) is 47.0 Å². The molecule has 21 heavy (non-hydrogen) atoms. The van der Waals surface area contributed by atoms with E-state index in [1.165, 1.54) is 36.4 Å². The van der Waals surface area contributed by atoms with E-state index < -0.39 is 11.6 Å². The van der Waals surface area contributed by atoms with Gasteiger partial charge in [0.25, 0.3) is 0 Å². The standard InChI is InChI=1S/C15H9ClF2N2O/c16-10-5-2-6-11(18)13(10)14-12(15(19)21-20-14)8-3-1-4-9(17)7-8/h1-7H,19H2. The molecule has 0 aliphatic heterocycles. The molecule has 0 amide bonds. The van der Waals surface area contributed by atoms with Crippen LogP contribution in [0.1, 0.15) is 0 Å². The van der Waals surface area contributed by atoms with Gasteiger partial charge in [-0.15, -0.1) is 0 Å². The third kappa shape index (κ3) is 2.36. The van der Waals surface area contributed by atoms with Gasteiger partial charge < -0.3 is 10.3 Å². The number of nitrogen functional groups attached to an aromatic ring is 1. The van der Waals surface area contributed by atoms with E-state index >= 15 is 0 Å². The van der Waals surface area contributed by atoms with E-state index in [-0.39, 0.29) is 22.2 Å². The van der Waals surface area contributed by atoms with E-state index in [0.29, 0.717) is 11.1 Å². The molecular weight excluding hydrogens is 298 g/mol. The largest absolute Gasteiger partial charge is 0.367 e. The summed E-state index contributed by atoms with van der Waals surface area (Å²) < 4.78 is 32.4. The zero-order valence-corrected chi connectivity index (χ0v) is 11.4. The minimum atomic E-state index is -0.562. The molecule has 106 valence electrons. The van der Waals surface area contributed by atoms with Crippen molar-refractivity contribution in [1.29, 1.82) is 0 Å². The van der Waals surface area contributed by atoms with Crippen LogP contribution in [0.3, 0.4) is 0 Å². The Morgan fingerprint density at radius 3 is 2.52 bits per heavy atom. The predicted octanol–water partition coefficient (Wildman–Crippen LogP) is 4.52. The van der Waals surface area contributed by atoms with Gasteiger partial charge in [-0.05, 0) is 29.8 Å². The summed E-state index contributed by atoms with van der Waals surface area (Å²) >= 11 is 6.03. The fourth-order valence-corrected chi connectivity index (χ4v) is 2.37. The molecule has 0 aliphatic carbocycles. The Balaban J connectivity index is 2.27. The third-order valence-electron chi connectivity index (χ3n) is 3.03. The first-order valence-electron chi connectivity index (χ1n) is 6.03. The number of aromatic nitrogens is 1. The average molecular weight is 307 g/mol. The second-order valence-electron chi connectivity index (χ2n) is 4.38. The number of hydrogen-bond acceptors (Lipinski definition) is 3. The van der Waals surface area contributed by atoms with Crippen LogP contribution in [0.4, 0.5) is 14.7 Å². The Bertz CT molecular complexity index is 797. The highest BCUT2D eigenvalue weighted by atomic mass is 35.5. The van der Waals surface area contributed by atoms with Crippen molar-refractivity contribution in [3.05, 3.63) is 59.1 Å². The highest BCUT2D eigenvalue weighted by Gasteiger charge is 2.22. The number of nitrogens with zero attached hydrogens (tertiary/aromatic N) is 1. The summed E-state index contributed by atoms with van der Waals surface area (Å²) in [5.74, 6) is -1.04. The lowest BCUT2D eigenvalue weighted by Crippen LogP contribution is -1.91. The van der Waals surface area contributed by atoms with E-state index in [9.17, 15) is 8.78 Å². The van der Waals surface area contributed by atoms with Crippen LogP contribution in [-0.4, -0.2) is 5.16 Å². The highest BCUT2D eigenvalue weighted by molar-refractivity contribution is 6.33. The van der Waals surface area contributed by atoms with Gasteiger partial charge >= 0.3 is 0 Å². The third-order valence-corrected chi connectivity index (χ3v) is 3.35. The van der Waals surface area contributed by atoms with Gasteiger partial charge in [0.2, 0.25) is 5.88 Å². The van der Waals surface area contributed by atoms with Gasteiger partial charge in [0.05, 0.1) is 16.1 Å². The summed E-state index contributed by atoms with van der Waals surface area (Å²) in [5, 5.41) is 3.93. The second-order valence-corrected chi connectivity index (χ2v) is 4.78. The Kier molecular flexibility index (Phi) is 3.35. The van der Waals surface area contributed by atoms with Crippen molar-refractivity contribution in [3.8, 4) is 22.4 Å². The molecule has 1 aromatic heterocycles. The summed E-state index contributed by atoms with van der Waals surface area (Å²) in [4.78, 5) is 0. The first-order valence-corrected chi connectivity index (χ1v) is 6.41. The molecule has 0 saturated heterocycles. The molecule has 0 bridgehead atoms. The summed E-state index contributed by atoms with van der Waals surface area (Å²) in [6.07, 6.45) is 0. The second kappa shape index (κ2) is 5.18. The smallest absolute Gasteiger partial charge is 0.230 e. The molecule has 2 N–H and O–H groups in total. The van der Waals surface area contributed by atoms with E-state index in [2.05, 4.69) is 5.16 Å². The Hall–Kier alpha value is -2.40. The summed E-state index contributed by atoms with van der Waals surface area (Å²) in [5.41, 5.74) is 6.69. The molecule has 1 heterocycles. The van der Waals surface area contributed by atoms with Crippen LogP contribution < -0.4 is 5.73 Å². The van der Waals surface area contributed by atoms with E-state index in [1.54, 1.807) is 6.07 Å². The fraction of sp³-hybridized carbons (Fsp3) is 0. The topological polar surface area (TPSA) is 52.0 Å². The summed E-state index contributed by atoms with van der Waals surface area (Å²) in [7, 11) is 0. The van der Waals surface area contributed by atoms with E-state index in [1.807, 2.05) is 0 Å². The first-order chi connectivity index (χ1) is 10.1. The molecule has 0 atom stereocenters. The highest BCUT2D eigenvalue weighted by Crippen LogP contribution is 2.40. The maximum Gasteiger partial charge on any atom is 0.230 e. The van der Waals surface area contributed by atoms with E-state index in [4.69, 9.17) is 21.9 Å². The fourth-order valence-electron chi connectivity index (χ4n) is 2.12. The lowest BCUT2D eigenvalue weighted by atomic mass is 10.0. The number of nitrogens with two attached hydrogens (primary N) is 1. The van der Waals surface area contributed by atoms with Gasteiger partial charge in [-0.1, -0.05) is 35.0 Å². The lowest BCUT2D eigenvalue weighted by molar-refractivity contribution is 0.439. The monoisotopic (exact) mass is 306 g/mol. The number of benzene rings is 2. The van der Waals surface area contributed by atoms with Gasteiger partial charge in [-0.2, -0.15) is 0 Å². The molecule has 3 aromatic rings. The van der Waals surface area contributed by atoms with Gasteiger partial charge in [0.1, 0.15) is 17.3 Å². The van der Waals surface area contributed by atoms with Crippen molar-refractivity contribution >= 4 is 17.5 Å². The normalized spacial score (nSPS) is 10.8. The van der Waals surface area contributed by atoms with Crippen molar-refractivity contribution in [3.63, 3.8) is 0 Å². The molecule has 2 aromatic carbocycles. The summed E-state index contributed by atoms with van der Waals surface area (Å²) in [6, 6.07) is 9.96. The maximum absolute atomic E-state index is 14.0. The van der Waals surface area contributed by atoms with E-state index in [0.717, 1.165) is 0 Å². The van der Waals surface area contributed by atoms with Crippen molar-refractivity contribution in [2.45, 2.75) is 0 Å². The Morgan fingerprint density at radius 2 is 1.81 bits per heavy atom. The number of halogens is 3. The molecular formula is C15H9ClF2N2O. The molecule has 0 radical (unpaired) electrons. The molecule has 6 heteroatoms. The minimum Gasteiger partial charge on any atom is -0.367 e. The summed E-state index contributed by atoms with van der Waals surface area (Å²) in [6.45, 7) is 0. The van der Waals surface area contributed by atoms with Gasteiger partial charge in [0, 0.05) is 0 Å². The van der Waals surface area contributed by atoms with Crippen LogP contribution >= 0.6 is 11.6 Å². The zero-order valence-electron chi connectivity index (χ0n) is 10.6. The average Bonchev–Trinajstić information content (AvgIpc) is 2.80. The SMILES string of the molecule is Nc1onc(-c2c(F)cccc2Cl)c1-c1cccc(F)c1. The maximum atomic E-state index is 14.0. The molecule has 0 fully saturated rings. The molecule has 0 spiro atoms. The lowest BCUT2D eigenvalue weighted by Gasteiger charge is -2.06. The van der Waals surface area contributed by atoms with Crippen molar-refractivity contribution in [2.24, 2.45) is 0 Å². The van der Waals surface area contributed by atoms with Crippen molar-refractivity contribution < 1.29 is 13.3 Å². The molecule has 0 aliphatic rings. The number of hydrogen-bond donors (Lipinski definition) is 1. The Morgan fingerprint density at radius 1 is 1.05 bits per heavy atom. The number of anilines is 1. The van der Waals surface area contributed by atoms with Crippen molar-refractivity contribution in [1.82, 2.24) is 5.16 Å². The van der Waals surface area contributed by atoms with Crippen LogP contribution in [0.5, 0.6) is 0 Å². The molecule has 0 unspecified atom stereocenters. The minimum absolute atomic E-state index is 0.0325. The van der Waals surface area contributed by atoms with Crippen LogP contribution in [0.2, 0.25) is 5.02 Å². The molecule has 0 saturated carbocycles. The first kappa shape index (κ1) is 13.6. The zero-order chi connectivity index (χ0) is 15.0. The predicted molar refractivity (Wildman–Crippen MR) is 76.7 cm³/mol. The van der Waals surface area contributed by atoms with Gasteiger partial charge in [-0.3, -0.25) is 0 Å². The van der Waals surface area contributed by atoms with Crippen molar-refractivity contribution in [2.75, 3.05) is 5.73 Å². The van der Waals surface area contributed by atoms with Gasteiger partial charge in [0.15, 0.2) is 0 Å².